The fourth-order valence-corrected chi connectivity index (χ4v) is 7.10. The lowest BCUT2D eigenvalue weighted by Crippen LogP contribution is -2.47. The summed E-state index contributed by atoms with van der Waals surface area (Å²) in [6.07, 6.45) is 6.15. The third-order valence-corrected chi connectivity index (χ3v) is 9.24. The number of fused-ring (bicyclic) bond motifs is 2. The van der Waals surface area contributed by atoms with Crippen LogP contribution < -0.4 is 9.64 Å². The topological polar surface area (TPSA) is 81.4 Å². The van der Waals surface area contributed by atoms with Gasteiger partial charge < -0.3 is 24.5 Å². The van der Waals surface area contributed by atoms with Gasteiger partial charge in [-0.2, -0.15) is 0 Å². The Hall–Kier alpha value is -4.52. The van der Waals surface area contributed by atoms with Crippen LogP contribution in [-0.4, -0.2) is 53.4 Å². The first kappa shape index (κ1) is 25.4. The van der Waals surface area contributed by atoms with Crippen LogP contribution >= 0.6 is 0 Å². The van der Waals surface area contributed by atoms with Crippen molar-refractivity contribution < 1.29 is 14.3 Å². The molecule has 2 aromatic heterocycles. The Morgan fingerprint density at radius 1 is 0.902 bits per heavy atom. The molecule has 3 aromatic carbocycles. The number of piperidine rings is 1. The summed E-state index contributed by atoms with van der Waals surface area (Å²) < 4.78 is 5.53. The number of methoxy groups -OCH3 is 1. The number of carbonyl (C=O) groups is 2. The van der Waals surface area contributed by atoms with Crippen LogP contribution in [0.2, 0.25) is 0 Å². The number of carbonyl (C=O) groups excluding carboxylic acids is 2. The molecule has 7 nitrogen and oxygen atoms in total. The molecule has 4 heterocycles. The van der Waals surface area contributed by atoms with Crippen molar-refractivity contribution in [2.24, 2.45) is 5.92 Å². The second kappa shape index (κ2) is 9.84. The number of hydrogen-bond acceptors (Lipinski definition) is 3. The fourth-order valence-electron chi connectivity index (χ4n) is 7.10. The molecule has 2 amide bonds. The highest BCUT2D eigenvalue weighted by Gasteiger charge is 2.44. The van der Waals surface area contributed by atoms with Crippen molar-refractivity contribution in [1.82, 2.24) is 14.9 Å². The van der Waals surface area contributed by atoms with E-state index in [1.54, 1.807) is 12.0 Å². The zero-order valence-corrected chi connectivity index (χ0v) is 23.4. The average molecular weight is 547 g/mol. The molecule has 2 N–H and O–H groups in total. The minimum absolute atomic E-state index is 0.0313. The molecule has 0 spiro atoms. The molecule has 2 aliphatic rings. The Morgan fingerprint density at radius 3 is 2.12 bits per heavy atom. The van der Waals surface area contributed by atoms with E-state index >= 15 is 0 Å². The van der Waals surface area contributed by atoms with Crippen LogP contribution in [0.1, 0.15) is 36.0 Å². The summed E-state index contributed by atoms with van der Waals surface area (Å²) in [5, 5.41) is 2.45. The number of likely N-dealkylation sites (tertiary alicyclic amines) is 1. The molecule has 1 atom stereocenters. The molecule has 0 bridgehead atoms. The number of nitrogens with one attached hydrogen (secondary N) is 2. The zero-order valence-electron chi connectivity index (χ0n) is 23.4. The predicted octanol–water partition coefficient (Wildman–Crippen LogP) is 5.93. The number of aryl methyl sites for hydroxylation is 1. The highest BCUT2D eigenvalue weighted by molar-refractivity contribution is 6.01. The van der Waals surface area contributed by atoms with E-state index in [2.05, 4.69) is 70.9 Å². The highest BCUT2D eigenvalue weighted by atomic mass is 16.5. The number of H-pyrrole nitrogens is 2. The summed E-state index contributed by atoms with van der Waals surface area (Å²) in [6, 6.07) is 22.7. The fraction of sp³-hybridized carbons (Fsp3) is 0.294. The molecule has 2 aliphatic heterocycles. The predicted molar refractivity (Wildman–Crippen MR) is 161 cm³/mol. The average Bonchev–Trinajstić information content (AvgIpc) is 3.74. The molecule has 0 aliphatic carbocycles. The number of aromatic nitrogens is 2. The van der Waals surface area contributed by atoms with Gasteiger partial charge in [-0.3, -0.25) is 9.59 Å². The third kappa shape index (κ3) is 4.10. The summed E-state index contributed by atoms with van der Waals surface area (Å²) >= 11 is 0. The number of hydrogen-bond donors (Lipinski definition) is 2. The minimum atomic E-state index is -0.360. The van der Waals surface area contributed by atoms with Crippen molar-refractivity contribution in [3.63, 3.8) is 0 Å². The number of rotatable bonds is 5. The van der Waals surface area contributed by atoms with Crippen LogP contribution in [0.15, 0.2) is 79.1 Å². The summed E-state index contributed by atoms with van der Waals surface area (Å²) in [7, 11) is 1.61. The summed E-state index contributed by atoms with van der Waals surface area (Å²) in [5.74, 6) is 0.328. The maximum Gasteiger partial charge on any atom is 0.228 e. The largest absolute Gasteiger partial charge is 0.495 e. The quantitative estimate of drug-likeness (QED) is 0.287. The van der Waals surface area contributed by atoms with Crippen LogP contribution in [0.4, 0.5) is 5.69 Å². The van der Waals surface area contributed by atoms with Gasteiger partial charge in [-0.25, -0.2) is 0 Å². The van der Waals surface area contributed by atoms with Crippen molar-refractivity contribution in [3.8, 4) is 5.75 Å². The number of nitrogens with zero attached hydrogens (tertiary/aromatic N) is 2. The number of aromatic amines is 2. The first-order valence-corrected chi connectivity index (χ1v) is 14.4. The second-order valence-electron chi connectivity index (χ2n) is 11.5. The van der Waals surface area contributed by atoms with Gasteiger partial charge in [-0.1, -0.05) is 42.5 Å². The molecule has 5 aromatic rings. The molecule has 7 rings (SSSR count). The van der Waals surface area contributed by atoms with Gasteiger partial charge in [0.05, 0.1) is 18.7 Å². The zero-order chi connectivity index (χ0) is 28.1. The minimum Gasteiger partial charge on any atom is -0.495 e. The second-order valence-corrected chi connectivity index (χ2v) is 11.5. The number of amides is 2. The smallest absolute Gasteiger partial charge is 0.228 e. The van der Waals surface area contributed by atoms with Gasteiger partial charge in [-0.05, 0) is 60.7 Å². The standard InChI is InChI=1S/C34H34N4O3/c1-22-11-12-31(41-2)30(17-22)38-21-23(18-32(38)39)33(40)37-15-13-34(14-16-37,26-19-35-28-9-5-3-7-24(26)28)27-20-36-29-10-6-4-8-25(27)29/h3-12,17,19-20,23,35-36H,13-16,18,21H2,1-2H3/t23-/m0/s1. The molecule has 2 fully saturated rings. The van der Waals surface area contributed by atoms with Gasteiger partial charge >= 0.3 is 0 Å². The number of ether oxygens (including phenoxy) is 1. The van der Waals surface area contributed by atoms with Crippen LogP contribution in [-0.2, 0) is 15.0 Å². The van der Waals surface area contributed by atoms with Crippen LogP contribution in [0.25, 0.3) is 21.8 Å². The van der Waals surface area contributed by atoms with E-state index in [-0.39, 0.29) is 29.6 Å². The first-order chi connectivity index (χ1) is 20.0. The number of para-hydroxylation sites is 2. The molecular weight excluding hydrogens is 512 g/mol. The van der Waals surface area contributed by atoms with Crippen molar-refractivity contribution in [2.45, 2.75) is 31.6 Å². The Bertz CT molecular complexity index is 1700. The number of anilines is 1. The lowest BCUT2D eigenvalue weighted by atomic mass is 9.67. The van der Waals surface area contributed by atoms with E-state index in [1.165, 1.54) is 21.9 Å². The van der Waals surface area contributed by atoms with Crippen LogP contribution in [0, 0.1) is 12.8 Å². The van der Waals surface area contributed by atoms with Gasteiger partial charge in [0.15, 0.2) is 0 Å². The Balaban J connectivity index is 1.18. The van der Waals surface area contributed by atoms with Crippen molar-refractivity contribution in [1.29, 1.82) is 0 Å². The van der Waals surface area contributed by atoms with Gasteiger partial charge in [0.2, 0.25) is 11.8 Å². The molecule has 7 heteroatoms. The van der Waals surface area contributed by atoms with Gasteiger partial charge in [0.25, 0.3) is 0 Å². The molecule has 2 saturated heterocycles. The summed E-state index contributed by atoms with van der Waals surface area (Å²) in [6.45, 7) is 3.64. The molecule has 41 heavy (non-hydrogen) atoms. The lowest BCUT2D eigenvalue weighted by molar-refractivity contribution is -0.137. The molecule has 0 saturated carbocycles. The third-order valence-electron chi connectivity index (χ3n) is 9.24. The lowest BCUT2D eigenvalue weighted by Gasteiger charge is -2.43. The Labute approximate surface area is 239 Å². The van der Waals surface area contributed by atoms with E-state index in [1.807, 2.05) is 30.0 Å². The number of benzene rings is 3. The maximum absolute atomic E-state index is 13.9. The Kier molecular flexibility index (Phi) is 6.11. The monoisotopic (exact) mass is 546 g/mol. The summed E-state index contributed by atoms with van der Waals surface area (Å²) in [4.78, 5) is 37.7. The summed E-state index contributed by atoms with van der Waals surface area (Å²) in [5.41, 5.74) is 6.34. The Morgan fingerprint density at radius 2 is 1.51 bits per heavy atom. The van der Waals surface area contributed by atoms with E-state index in [0.717, 1.165) is 35.1 Å². The normalized spacial score (nSPS) is 18.9. The molecular formula is C34H34N4O3. The van der Waals surface area contributed by atoms with Gasteiger partial charge in [0.1, 0.15) is 5.75 Å². The maximum atomic E-state index is 13.9. The van der Waals surface area contributed by atoms with Crippen molar-refractivity contribution >= 4 is 39.3 Å². The SMILES string of the molecule is COc1ccc(C)cc1N1C[C@@H](C(=O)N2CCC(c3c[nH]c4ccccc34)(c3c[nH]c4ccccc34)CC2)CC1=O. The molecule has 0 radical (unpaired) electrons. The van der Waals surface area contributed by atoms with E-state index in [9.17, 15) is 9.59 Å². The van der Waals surface area contributed by atoms with E-state index < -0.39 is 0 Å². The molecule has 0 unspecified atom stereocenters. The molecule has 208 valence electrons. The van der Waals surface area contributed by atoms with Crippen molar-refractivity contribution in [3.05, 3.63) is 95.8 Å². The first-order valence-electron chi connectivity index (χ1n) is 14.4. The van der Waals surface area contributed by atoms with Gasteiger partial charge in [-0.15, -0.1) is 0 Å². The van der Waals surface area contributed by atoms with Crippen LogP contribution in [0.5, 0.6) is 5.75 Å². The van der Waals surface area contributed by atoms with E-state index in [0.29, 0.717) is 25.4 Å². The van der Waals surface area contributed by atoms with Gasteiger partial charge in [0, 0.05) is 65.7 Å². The van der Waals surface area contributed by atoms with Crippen LogP contribution in [0.3, 0.4) is 0 Å². The van der Waals surface area contributed by atoms with Crippen molar-refractivity contribution in [2.75, 3.05) is 31.6 Å². The van der Waals surface area contributed by atoms with E-state index in [4.69, 9.17) is 4.74 Å². The highest BCUT2D eigenvalue weighted by Crippen LogP contribution is 2.47.